The van der Waals surface area contributed by atoms with Gasteiger partial charge in [-0.25, -0.2) is 4.99 Å². The molecule has 1 saturated heterocycles. The van der Waals surface area contributed by atoms with Crippen molar-refractivity contribution in [3.63, 3.8) is 0 Å². The highest BCUT2D eigenvalue weighted by Gasteiger charge is 2.33. The first-order valence-corrected chi connectivity index (χ1v) is 11.1. The van der Waals surface area contributed by atoms with Crippen LogP contribution in [0.25, 0.3) is 0 Å². The third-order valence-corrected chi connectivity index (χ3v) is 6.05. The van der Waals surface area contributed by atoms with E-state index in [0.29, 0.717) is 0 Å². The second kappa shape index (κ2) is 15.2. The Balaban J connectivity index is 0.00000450. The molecule has 30 heavy (non-hydrogen) atoms. The lowest BCUT2D eigenvalue weighted by atomic mass is 9.83. The van der Waals surface area contributed by atoms with E-state index >= 15 is 0 Å². The summed E-state index contributed by atoms with van der Waals surface area (Å²) in [6.45, 7) is 7.41. The van der Waals surface area contributed by atoms with Gasteiger partial charge in [0, 0.05) is 54.0 Å². The SMILES string of the molecule is COCCC1(CNC(=NCC(=O)N(C)C)NCCCN2CCOCC2)CCCC1.I. The third kappa shape index (κ3) is 10.1. The predicted molar refractivity (Wildman–Crippen MR) is 132 cm³/mol. The molecule has 2 N–H and O–H groups in total. The number of hydrogen-bond donors (Lipinski definition) is 2. The normalized spacial score (nSPS) is 19.2. The number of carbonyl (C=O) groups excluding carboxylic acids is 1. The number of ether oxygens (including phenoxy) is 2. The minimum absolute atomic E-state index is 0. The maximum atomic E-state index is 12.0. The molecule has 0 unspecified atom stereocenters. The fourth-order valence-electron chi connectivity index (χ4n) is 4.03. The van der Waals surface area contributed by atoms with E-state index in [-0.39, 0.29) is 41.8 Å². The zero-order valence-corrected chi connectivity index (χ0v) is 21.4. The van der Waals surface area contributed by atoms with Crippen molar-refractivity contribution < 1.29 is 14.3 Å². The lowest BCUT2D eigenvalue weighted by Gasteiger charge is -2.30. The van der Waals surface area contributed by atoms with Crippen molar-refractivity contribution in [1.29, 1.82) is 0 Å². The molecule has 2 rings (SSSR count). The highest BCUT2D eigenvalue weighted by atomic mass is 127. The molecular formula is C21H42IN5O3. The van der Waals surface area contributed by atoms with E-state index in [1.807, 2.05) is 0 Å². The molecule has 1 amide bonds. The van der Waals surface area contributed by atoms with Crippen LogP contribution in [-0.2, 0) is 14.3 Å². The van der Waals surface area contributed by atoms with Gasteiger partial charge in [-0.15, -0.1) is 24.0 Å². The van der Waals surface area contributed by atoms with Gasteiger partial charge in [0.15, 0.2) is 5.96 Å². The van der Waals surface area contributed by atoms with Crippen molar-refractivity contribution in [2.75, 3.05) is 80.3 Å². The number of carbonyl (C=O) groups is 1. The van der Waals surface area contributed by atoms with Crippen LogP contribution in [0.2, 0.25) is 0 Å². The molecule has 1 aliphatic heterocycles. The first-order valence-electron chi connectivity index (χ1n) is 11.1. The van der Waals surface area contributed by atoms with Crippen molar-refractivity contribution in [2.24, 2.45) is 10.4 Å². The van der Waals surface area contributed by atoms with Gasteiger partial charge in [-0.3, -0.25) is 9.69 Å². The summed E-state index contributed by atoms with van der Waals surface area (Å²) in [4.78, 5) is 20.5. The molecule has 1 saturated carbocycles. The Morgan fingerprint density at radius 1 is 1.20 bits per heavy atom. The average molecular weight is 540 g/mol. The summed E-state index contributed by atoms with van der Waals surface area (Å²) < 4.78 is 10.7. The van der Waals surface area contributed by atoms with Crippen molar-refractivity contribution in [2.45, 2.75) is 38.5 Å². The molecule has 1 aliphatic carbocycles. The summed E-state index contributed by atoms with van der Waals surface area (Å²) in [5.41, 5.74) is 0.276. The zero-order chi connectivity index (χ0) is 21.0. The molecule has 0 aromatic heterocycles. The van der Waals surface area contributed by atoms with Crippen molar-refractivity contribution in [1.82, 2.24) is 20.4 Å². The summed E-state index contributed by atoms with van der Waals surface area (Å²) in [7, 11) is 5.30. The number of methoxy groups -OCH3 is 1. The van der Waals surface area contributed by atoms with Crippen molar-refractivity contribution >= 4 is 35.8 Å². The van der Waals surface area contributed by atoms with E-state index in [1.165, 1.54) is 25.7 Å². The number of nitrogens with one attached hydrogen (secondary N) is 2. The van der Waals surface area contributed by atoms with Gasteiger partial charge in [0.25, 0.3) is 0 Å². The van der Waals surface area contributed by atoms with E-state index in [0.717, 1.165) is 71.3 Å². The van der Waals surface area contributed by atoms with Gasteiger partial charge < -0.3 is 25.0 Å². The van der Waals surface area contributed by atoms with Gasteiger partial charge in [0.2, 0.25) is 5.91 Å². The standard InChI is InChI=1S/C21H41N5O3.HI/c1-25(2)19(27)17-23-20(22-10-6-11-26-12-15-29-16-13-26)24-18-21(9-14-28-3)7-4-5-8-21;/h4-18H2,1-3H3,(H2,22,23,24);1H. The fourth-order valence-corrected chi connectivity index (χ4v) is 4.03. The Hall–Kier alpha value is -0.650. The number of amides is 1. The van der Waals surface area contributed by atoms with Crippen LogP contribution in [0.3, 0.4) is 0 Å². The van der Waals surface area contributed by atoms with Gasteiger partial charge >= 0.3 is 0 Å². The number of halogens is 1. The second-order valence-corrected chi connectivity index (χ2v) is 8.49. The summed E-state index contributed by atoms with van der Waals surface area (Å²) in [6.07, 6.45) is 7.12. The Bertz CT molecular complexity index is 507. The monoisotopic (exact) mass is 539 g/mol. The average Bonchev–Trinajstić information content (AvgIpc) is 3.20. The van der Waals surface area contributed by atoms with Gasteiger partial charge in [0.1, 0.15) is 6.54 Å². The van der Waals surface area contributed by atoms with Crippen LogP contribution >= 0.6 is 24.0 Å². The molecule has 9 heteroatoms. The summed E-state index contributed by atoms with van der Waals surface area (Å²) in [6, 6.07) is 0. The van der Waals surface area contributed by atoms with Crippen LogP contribution in [0.4, 0.5) is 0 Å². The van der Waals surface area contributed by atoms with Crippen LogP contribution in [-0.4, -0.2) is 102 Å². The Labute approximate surface area is 199 Å². The van der Waals surface area contributed by atoms with E-state index in [1.54, 1.807) is 26.1 Å². The topological polar surface area (TPSA) is 78.4 Å². The number of morpholine rings is 1. The lowest BCUT2D eigenvalue weighted by molar-refractivity contribution is -0.127. The number of nitrogens with zero attached hydrogens (tertiary/aromatic N) is 3. The molecule has 0 aromatic rings. The lowest BCUT2D eigenvalue weighted by Crippen LogP contribution is -2.45. The van der Waals surface area contributed by atoms with Crippen LogP contribution in [0.15, 0.2) is 4.99 Å². The minimum Gasteiger partial charge on any atom is -0.385 e. The molecule has 176 valence electrons. The highest BCUT2D eigenvalue weighted by molar-refractivity contribution is 14.0. The van der Waals surface area contributed by atoms with Gasteiger partial charge in [0.05, 0.1) is 13.2 Å². The number of guanidine groups is 1. The number of rotatable bonds is 11. The Morgan fingerprint density at radius 2 is 1.90 bits per heavy atom. The number of aliphatic imine (C=N–C) groups is 1. The smallest absolute Gasteiger partial charge is 0.243 e. The van der Waals surface area contributed by atoms with E-state index in [4.69, 9.17) is 9.47 Å². The highest BCUT2D eigenvalue weighted by Crippen LogP contribution is 2.40. The van der Waals surface area contributed by atoms with Crippen LogP contribution in [0.1, 0.15) is 38.5 Å². The summed E-state index contributed by atoms with van der Waals surface area (Å²) in [5, 5.41) is 6.95. The van der Waals surface area contributed by atoms with Crippen LogP contribution < -0.4 is 10.6 Å². The summed E-state index contributed by atoms with van der Waals surface area (Å²) in [5.74, 6) is 0.750. The molecule has 8 nitrogen and oxygen atoms in total. The zero-order valence-electron chi connectivity index (χ0n) is 19.1. The third-order valence-electron chi connectivity index (χ3n) is 6.05. The molecule has 2 fully saturated rings. The number of likely N-dealkylation sites (N-methyl/N-ethyl adjacent to an activating group) is 1. The molecule has 0 atom stereocenters. The quantitative estimate of drug-likeness (QED) is 0.180. The number of hydrogen-bond acceptors (Lipinski definition) is 5. The first kappa shape index (κ1) is 27.4. The predicted octanol–water partition coefficient (Wildman–Crippen LogP) is 1.55. The maximum Gasteiger partial charge on any atom is 0.243 e. The Kier molecular flexibility index (Phi) is 13.9. The first-order chi connectivity index (χ1) is 14.0. The van der Waals surface area contributed by atoms with Gasteiger partial charge in [-0.2, -0.15) is 0 Å². The molecule has 0 radical (unpaired) electrons. The molecule has 0 spiro atoms. The van der Waals surface area contributed by atoms with E-state index < -0.39 is 0 Å². The van der Waals surface area contributed by atoms with Crippen molar-refractivity contribution in [3.05, 3.63) is 0 Å². The Morgan fingerprint density at radius 3 is 2.53 bits per heavy atom. The molecule has 0 aromatic carbocycles. The minimum atomic E-state index is 0. The molecule has 0 bridgehead atoms. The van der Waals surface area contributed by atoms with E-state index in [2.05, 4.69) is 20.5 Å². The summed E-state index contributed by atoms with van der Waals surface area (Å²) >= 11 is 0. The van der Waals surface area contributed by atoms with Gasteiger partial charge in [-0.05, 0) is 37.6 Å². The molecule has 1 heterocycles. The van der Waals surface area contributed by atoms with Crippen molar-refractivity contribution in [3.8, 4) is 0 Å². The largest absolute Gasteiger partial charge is 0.385 e. The van der Waals surface area contributed by atoms with Gasteiger partial charge in [-0.1, -0.05) is 12.8 Å². The second-order valence-electron chi connectivity index (χ2n) is 8.49. The molecular weight excluding hydrogens is 497 g/mol. The van der Waals surface area contributed by atoms with Crippen LogP contribution in [0, 0.1) is 5.41 Å². The fraction of sp³-hybridized carbons (Fsp3) is 0.905. The maximum absolute atomic E-state index is 12.0. The van der Waals surface area contributed by atoms with Crippen LogP contribution in [0.5, 0.6) is 0 Å². The van der Waals surface area contributed by atoms with E-state index in [9.17, 15) is 4.79 Å². The molecule has 2 aliphatic rings.